The predicted octanol–water partition coefficient (Wildman–Crippen LogP) is 3.55. The summed E-state index contributed by atoms with van der Waals surface area (Å²) < 4.78 is 46.7. The van der Waals surface area contributed by atoms with Gasteiger partial charge in [0.15, 0.2) is 0 Å². The highest BCUT2D eigenvalue weighted by Crippen LogP contribution is 2.29. The molecule has 0 bridgehead atoms. The smallest absolute Gasteiger partial charge is 0.244 e. The molecule has 8 heteroatoms. The molecule has 3 rings (SSSR count). The number of hydrogen-bond donors (Lipinski definition) is 0. The van der Waals surface area contributed by atoms with E-state index in [1.807, 2.05) is 18.2 Å². The second-order valence-electron chi connectivity index (χ2n) is 6.29. The van der Waals surface area contributed by atoms with Gasteiger partial charge in [-0.25, -0.2) is 12.8 Å². The highest BCUT2D eigenvalue weighted by molar-refractivity contribution is 7.89. The molecule has 0 aliphatic carbocycles. The van der Waals surface area contributed by atoms with Crippen molar-refractivity contribution in [3.8, 4) is 0 Å². The summed E-state index contributed by atoms with van der Waals surface area (Å²) in [5, 5.41) is -0.107. The van der Waals surface area contributed by atoms with E-state index in [-0.39, 0.29) is 28.1 Å². The van der Waals surface area contributed by atoms with Gasteiger partial charge in [0, 0.05) is 19.3 Å². The van der Waals surface area contributed by atoms with Gasteiger partial charge in [-0.2, -0.15) is 4.31 Å². The lowest BCUT2D eigenvalue weighted by molar-refractivity contribution is 0.00666. The minimum atomic E-state index is -3.81. The number of aromatic nitrogens is 1. The van der Waals surface area contributed by atoms with Crippen LogP contribution in [0.15, 0.2) is 41.4 Å². The van der Waals surface area contributed by atoms with E-state index in [9.17, 15) is 12.8 Å². The topological polar surface area (TPSA) is 59.5 Å². The van der Waals surface area contributed by atoms with Crippen molar-refractivity contribution in [2.45, 2.75) is 37.4 Å². The Morgan fingerprint density at radius 3 is 2.92 bits per heavy atom. The molecule has 1 saturated heterocycles. The zero-order valence-corrected chi connectivity index (χ0v) is 15.9. The molecule has 1 atom stereocenters. The lowest BCUT2D eigenvalue weighted by Crippen LogP contribution is -2.43. The van der Waals surface area contributed by atoms with Crippen LogP contribution in [0.25, 0.3) is 0 Å². The van der Waals surface area contributed by atoms with Crippen molar-refractivity contribution in [2.75, 3.05) is 13.1 Å². The van der Waals surface area contributed by atoms with Crippen LogP contribution in [0, 0.1) is 12.7 Å². The first-order valence-corrected chi connectivity index (χ1v) is 10.2. The van der Waals surface area contributed by atoms with Gasteiger partial charge in [-0.3, -0.25) is 4.98 Å². The molecule has 1 unspecified atom stereocenters. The van der Waals surface area contributed by atoms with Gasteiger partial charge < -0.3 is 4.74 Å². The highest BCUT2D eigenvalue weighted by atomic mass is 35.5. The maximum atomic E-state index is 13.6. The van der Waals surface area contributed by atoms with Crippen LogP contribution in [0.5, 0.6) is 0 Å². The molecule has 0 radical (unpaired) electrons. The molecule has 1 fully saturated rings. The van der Waals surface area contributed by atoms with Crippen LogP contribution in [-0.2, 0) is 21.4 Å². The number of ether oxygens (including phenoxy) is 1. The molecule has 1 aromatic carbocycles. The van der Waals surface area contributed by atoms with Crippen LogP contribution in [0.4, 0.5) is 4.39 Å². The van der Waals surface area contributed by atoms with Gasteiger partial charge in [0.05, 0.1) is 23.4 Å². The Hall–Kier alpha value is -1.54. The fraction of sp³-hybridized carbons (Fsp3) is 0.389. The third-order valence-corrected chi connectivity index (χ3v) is 6.69. The van der Waals surface area contributed by atoms with E-state index in [1.54, 1.807) is 6.20 Å². The first-order valence-electron chi connectivity index (χ1n) is 8.35. The molecule has 1 aliphatic rings. The zero-order chi connectivity index (χ0) is 18.7. The van der Waals surface area contributed by atoms with Crippen LogP contribution in [0.2, 0.25) is 5.02 Å². The quantitative estimate of drug-likeness (QED) is 0.772. The number of aryl methyl sites for hydroxylation is 1. The number of pyridine rings is 1. The van der Waals surface area contributed by atoms with Crippen LogP contribution < -0.4 is 0 Å². The van der Waals surface area contributed by atoms with Gasteiger partial charge in [-0.1, -0.05) is 17.7 Å². The minimum Gasteiger partial charge on any atom is -0.371 e. The SMILES string of the molecule is Cc1cc(S(=O)(=O)N2CCCC(OCc3ccccn3)C2)c(Cl)cc1F. The highest BCUT2D eigenvalue weighted by Gasteiger charge is 2.32. The Morgan fingerprint density at radius 1 is 1.38 bits per heavy atom. The van der Waals surface area contributed by atoms with Crippen molar-refractivity contribution < 1.29 is 17.5 Å². The summed E-state index contributed by atoms with van der Waals surface area (Å²) in [6, 6.07) is 7.89. The number of rotatable bonds is 5. The van der Waals surface area contributed by atoms with E-state index in [1.165, 1.54) is 17.3 Å². The van der Waals surface area contributed by atoms with Gasteiger partial charge in [-0.05, 0) is 49.6 Å². The van der Waals surface area contributed by atoms with Gasteiger partial charge in [-0.15, -0.1) is 0 Å². The summed E-state index contributed by atoms with van der Waals surface area (Å²) in [7, 11) is -3.81. The van der Waals surface area contributed by atoms with E-state index in [0.717, 1.165) is 18.2 Å². The standard InChI is InChI=1S/C18H20ClFN2O3S/c1-13-9-18(16(19)10-17(13)20)26(23,24)22-8-4-6-15(11-22)25-12-14-5-2-3-7-21-14/h2-3,5,7,9-10,15H,4,6,8,11-12H2,1H3. The Kier molecular flexibility index (Phi) is 5.92. The Bertz CT molecular complexity index is 878. The van der Waals surface area contributed by atoms with Gasteiger partial charge in [0.25, 0.3) is 0 Å². The largest absolute Gasteiger partial charge is 0.371 e. The molecular formula is C18H20ClFN2O3S. The molecule has 5 nitrogen and oxygen atoms in total. The first-order chi connectivity index (χ1) is 12.4. The Balaban J connectivity index is 1.73. The fourth-order valence-corrected chi connectivity index (χ4v) is 5.00. The second kappa shape index (κ2) is 8.00. The molecule has 2 heterocycles. The molecule has 2 aromatic rings. The lowest BCUT2D eigenvalue weighted by Gasteiger charge is -2.32. The lowest BCUT2D eigenvalue weighted by atomic mass is 10.1. The van der Waals surface area contributed by atoms with E-state index in [4.69, 9.17) is 16.3 Å². The van der Waals surface area contributed by atoms with Crippen molar-refractivity contribution in [3.63, 3.8) is 0 Å². The molecule has 1 aliphatic heterocycles. The van der Waals surface area contributed by atoms with Crippen molar-refractivity contribution in [3.05, 3.63) is 58.6 Å². The van der Waals surface area contributed by atoms with Crippen molar-refractivity contribution in [2.24, 2.45) is 0 Å². The number of sulfonamides is 1. The average Bonchev–Trinajstić information content (AvgIpc) is 2.64. The summed E-state index contributed by atoms with van der Waals surface area (Å²) in [5.74, 6) is -0.524. The molecule has 1 aromatic heterocycles. The number of piperidine rings is 1. The van der Waals surface area contributed by atoms with Crippen molar-refractivity contribution >= 4 is 21.6 Å². The zero-order valence-electron chi connectivity index (χ0n) is 14.4. The Morgan fingerprint density at radius 2 is 2.19 bits per heavy atom. The summed E-state index contributed by atoms with van der Waals surface area (Å²) in [6.07, 6.45) is 2.93. The van der Waals surface area contributed by atoms with E-state index in [0.29, 0.717) is 19.6 Å². The van der Waals surface area contributed by atoms with Crippen molar-refractivity contribution in [1.29, 1.82) is 0 Å². The first kappa shape index (κ1) is 19.2. The third kappa shape index (κ3) is 4.23. The number of halogens is 2. The summed E-state index contributed by atoms with van der Waals surface area (Å²) in [4.78, 5) is 4.13. The second-order valence-corrected chi connectivity index (χ2v) is 8.60. The Labute approximate surface area is 157 Å². The number of benzene rings is 1. The van der Waals surface area contributed by atoms with Crippen LogP contribution in [0.3, 0.4) is 0 Å². The van der Waals surface area contributed by atoms with Gasteiger partial charge in [0.2, 0.25) is 10.0 Å². The molecule has 26 heavy (non-hydrogen) atoms. The van der Waals surface area contributed by atoms with Crippen molar-refractivity contribution in [1.82, 2.24) is 9.29 Å². The van der Waals surface area contributed by atoms with E-state index >= 15 is 0 Å². The molecule has 140 valence electrons. The number of nitrogens with zero attached hydrogens (tertiary/aromatic N) is 2. The predicted molar refractivity (Wildman–Crippen MR) is 97.0 cm³/mol. The molecule has 0 amide bonds. The maximum absolute atomic E-state index is 13.6. The monoisotopic (exact) mass is 398 g/mol. The van der Waals surface area contributed by atoms with Gasteiger partial charge in [0.1, 0.15) is 10.7 Å². The van der Waals surface area contributed by atoms with Crippen LogP contribution >= 0.6 is 11.6 Å². The van der Waals surface area contributed by atoms with Crippen LogP contribution in [-0.4, -0.2) is 36.9 Å². The maximum Gasteiger partial charge on any atom is 0.244 e. The van der Waals surface area contributed by atoms with E-state index in [2.05, 4.69) is 4.98 Å². The van der Waals surface area contributed by atoms with E-state index < -0.39 is 15.8 Å². The molecule has 0 saturated carbocycles. The average molecular weight is 399 g/mol. The normalized spacial score (nSPS) is 18.8. The van der Waals surface area contributed by atoms with Crippen LogP contribution in [0.1, 0.15) is 24.1 Å². The molecule has 0 spiro atoms. The third-order valence-electron chi connectivity index (χ3n) is 4.36. The molecular weight excluding hydrogens is 379 g/mol. The minimum absolute atomic E-state index is 0.0663. The summed E-state index contributed by atoms with van der Waals surface area (Å²) in [6.45, 7) is 2.47. The molecule has 0 N–H and O–H groups in total. The summed E-state index contributed by atoms with van der Waals surface area (Å²) >= 11 is 6.00. The summed E-state index contributed by atoms with van der Waals surface area (Å²) in [5.41, 5.74) is 1.04. The number of hydrogen-bond acceptors (Lipinski definition) is 4. The fourth-order valence-electron chi connectivity index (χ4n) is 2.91. The van der Waals surface area contributed by atoms with Gasteiger partial charge >= 0.3 is 0 Å².